The van der Waals surface area contributed by atoms with Crippen molar-refractivity contribution in [2.45, 2.75) is 12.5 Å². The third kappa shape index (κ3) is 3.64. The van der Waals surface area contributed by atoms with Crippen LogP contribution < -0.4 is 10.2 Å². The maximum atomic E-state index is 12.9. The molecule has 0 bridgehead atoms. The van der Waals surface area contributed by atoms with Crippen molar-refractivity contribution in [2.75, 3.05) is 11.9 Å². The van der Waals surface area contributed by atoms with Gasteiger partial charge in [-0.05, 0) is 74.3 Å². The summed E-state index contributed by atoms with van der Waals surface area (Å²) in [5.41, 5.74) is 4.54. The maximum Gasteiger partial charge on any atom is 0.254 e. The third-order valence-corrected chi connectivity index (χ3v) is 6.10. The van der Waals surface area contributed by atoms with E-state index in [1.807, 2.05) is 30.3 Å². The van der Waals surface area contributed by atoms with Gasteiger partial charge in [-0.25, -0.2) is 0 Å². The number of fused-ring (bicyclic) bond motifs is 1. The highest BCUT2D eigenvalue weighted by molar-refractivity contribution is 14.1. The number of anilines is 1. The van der Waals surface area contributed by atoms with Crippen LogP contribution in [-0.2, 0) is 11.2 Å². The Kier molecular flexibility index (Phi) is 5.01. The third-order valence-electron chi connectivity index (χ3n) is 4.75. The molecular weight excluding hydrogens is 471 g/mol. The van der Waals surface area contributed by atoms with E-state index in [4.69, 9.17) is 0 Å². The minimum atomic E-state index is -0.584. The van der Waals surface area contributed by atoms with Gasteiger partial charge in [0.15, 0.2) is 0 Å². The minimum absolute atomic E-state index is 0.106. The van der Waals surface area contributed by atoms with E-state index in [1.165, 1.54) is 5.56 Å². The smallest absolute Gasteiger partial charge is 0.254 e. The van der Waals surface area contributed by atoms with Gasteiger partial charge >= 0.3 is 0 Å². The fourth-order valence-corrected chi connectivity index (χ4v) is 4.43. The molecule has 2 aromatic carbocycles. The summed E-state index contributed by atoms with van der Waals surface area (Å²) in [5, 5.41) is 7.06. The summed E-state index contributed by atoms with van der Waals surface area (Å²) in [5.74, 6) is -0.314. The van der Waals surface area contributed by atoms with E-state index in [0.29, 0.717) is 17.7 Å². The van der Waals surface area contributed by atoms with E-state index in [0.717, 1.165) is 14.7 Å². The molecule has 0 spiro atoms. The molecule has 1 aliphatic rings. The van der Waals surface area contributed by atoms with Crippen LogP contribution in [0.3, 0.4) is 0 Å². The van der Waals surface area contributed by atoms with Crippen molar-refractivity contribution in [2.24, 2.45) is 0 Å². The van der Waals surface area contributed by atoms with Crippen LogP contribution >= 0.6 is 33.9 Å². The van der Waals surface area contributed by atoms with E-state index in [1.54, 1.807) is 23.3 Å². The Bertz CT molecular complexity index is 1000. The van der Waals surface area contributed by atoms with E-state index >= 15 is 0 Å². The Labute approximate surface area is 175 Å². The molecule has 1 aromatic heterocycles. The predicted octanol–water partition coefficient (Wildman–Crippen LogP) is 4.34. The molecule has 0 aliphatic carbocycles. The van der Waals surface area contributed by atoms with E-state index in [9.17, 15) is 9.59 Å². The summed E-state index contributed by atoms with van der Waals surface area (Å²) in [6, 6.07) is 15.2. The number of hydrogen-bond acceptors (Lipinski definition) is 3. The second kappa shape index (κ2) is 7.44. The van der Waals surface area contributed by atoms with Crippen LogP contribution in [0.1, 0.15) is 15.9 Å². The summed E-state index contributed by atoms with van der Waals surface area (Å²) in [7, 11) is 1.72. The second-order valence-corrected chi connectivity index (χ2v) is 8.52. The van der Waals surface area contributed by atoms with Gasteiger partial charge in [-0.3, -0.25) is 9.59 Å². The van der Waals surface area contributed by atoms with Crippen LogP contribution in [0.4, 0.5) is 5.69 Å². The van der Waals surface area contributed by atoms with E-state index < -0.39 is 6.04 Å². The van der Waals surface area contributed by atoms with Crippen LogP contribution in [0.25, 0.3) is 11.1 Å². The van der Waals surface area contributed by atoms with Crippen molar-refractivity contribution in [3.63, 3.8) is 0 Å². The molecule has 0 saturated heterocycles. The van der Waals surface area contributed by atoms with Gasteiger partial charge in [0.25, 0.3) is 5.91 Å². The fourth-order valence-electron chi connectivity index (χ4n) is 3.27. The molecule has 0 fully saturated rings. The first kappa shape index (κ1) is 18.2. The Hall–Kier alpha value is -2.19. The molecule has 0 saturated carbocycles. The zero-order valence-electron chi connectivity index (χ0n) is 14.6. The molecule has 27 heavy (non-hydrogen) atoms. The Balaban J connectivity index is 1.58. The van der Waals surface area contributed by atoms with Crippen molar-refractivity contribution >= 4 is 51.4 Å². The van der Waals surface area contributed by atoms with Crippen LogP contribution in [0.5, 0.6) is 0 Å². The summed E-state index contributed by atoms with van der Waals surface area (Å²) in [4.78, 5) is 27.2. The van der Waals surface area contributed by atoms with Crippen molar-refractivity contribution in [1.29, 1.82) is 0 Å². The first-order chi connectivity index (χ1) is 13.0. The molecule has 1 N–H and O–H groups in total. The fraction of sp³-hybridized carbons (Fsp3) is 0.143. The average Bonchev–Trinajstić information content (AvgIpc) is 3.19. The van der Waals surface area contributed by atoms with Gasteiger partial charge < -0.3 is 10.2 Å². The van der Waals surface area contributed by atoms with Crippen molar-refractivity contribution in [1.82, 2.24) is 5.32 Å². The average molecular weight is 488 g/mol. The summed E-state index contributed by atoms with van der Waals surface area (Å²) in [6.07, 6.45) is 0.462. The van der Waals surface area contributed by atoms with E-state index in [2.05, 4.69) is 56.9 Å². The summed E-state index contributed by atoms with van der Waals surface area (Å²) >= 11 is 3.84. The monoisotopic (exact) mass is 488 g/mol. The first-order valence-corrected chi connectivity index (χ1v) is 10.5. The Morgan fingerprint density at radius 3 is 2.56 bits per heavy atom. The normalized spacial score (nSPS) is 16.7. The number of rotatable bonds is 3. The van der Waals surface area contributed by atoms with Crippen LogP contribution in [0, 0.1) is 3.57 Å². The summed E-state index contributed by atoms with van der Waals surface area (Å²) in [6.45, 7) is 0. The topological polar surface area (TPSA) is 49.4 Å². The molecular formula is C21H17IN2O2S. The first-order valence-electron chi connectivity index (χ1n) is 8.52. The molecule has 2 amide bonds. The molecule has 1 aliphatic heterocycles. The number of carbonyl (C=O) groups excluding carboxylic acids is 2. The SMILES string of the molecule is CN1C(=O)C(Cc2ccc(-c3ccsc3)cc2)NC(=O)c2cc(I)ccc21. The van der Waals surface area contributed by atoms with Gasteiger partial charge in [-0.2, -0.15) is 11.3 Å². The number of likely N-dealkylation sites (N-methyl/N-ethyl adjacent to an activating group) is 1. The van der Waals surface area contributed by atoms with Gasteiger partial charge in [-0.1, -0.05) is 24.3 Å². The van der Waals surface area contributed by atoms with E-state index in [-0.39, 0.29) is 11.8 Å². The number of benzene rings is 2. The van der Waals surface area contributed by atoms with Gasteiger partial charge in [0.2, 0.25) is 5.91 Å². The predicted molar refractivity (Wildman–Crippen MR) is 117 cm³/mol. The van der Waals surface area contributed by atoms with Gasteiger partial charge in [-0.15, -0.1) is 0 Å². The Morgan fingerprint density at radius 1 is 1.07 bits per heavy atom. The molecule has 4 rings (SSSR count). The molecule has 6 heteroatoms. The van der Waals surface area contributed by atoms with Crippen molar-refractivity contribution in [3.05, 3.63) is 74.0 Å². The van der Waals surface area contributed by atoms with Gasteiger partial charge in [0.1, 0.15) is 6.04 Å². The van der Waals surface area contributed by atoms with Gasteiger partial charge in [0.05, 0.1) is 11.3 Å². The molecule has 0 radical (unpaired) electrons. The number of halogens is 1. The number of nitrogens with one attached hydrogen (secondary N) is 1. The van der Waals surface area contributed by atoms with Crippen molar-refractivity contribution < 1.29 is 9.59 Å². The molecule has 4 nitrogen and oxygen atoms in total. The number of nitrogens with zero attached hydrogens (tertiary/aromatic N) is 1. The second-order valence-electron chi connectivity index (χ2n) is 6.50. The maximum absolute atomic E-state index is 12.9. The highest BCUT2D eigenvalue weighted by Crippen LogP contribution is 2.27. The van der Waals surface area contributed by atoms with Gasteiger partial charge in [0, 0.05) is 17.0 Å². The number of thiophene rings is 1. The number of amides is 2. The lowest BCUT2D eigenvalue weighted by Crippen LogP contribution is -2.45. The van der Waals surface area contributed by atoms with Crippen molar-refractivity contribution in [3.8, 4) is 11.1 Å². The molecule has 2 heterocycles. The van der Waals surface area contributed by atoms with Crippen LogP contribution in [0.2, 0.25) is 0 Å². The Morgan fingerprint density at radius 2 is 1.85 bits per heavy atom. The standard InChI is InChI=1S/C21H17IN2O2S/c1-24-19-7-6-16(22)11-17(19)20(25)23-18(21(24)26)10-13-2-4-14(5-3-13)15-8-9-27-12-15/h2-9,11-12,18H,10H2,1H3,(H,23,25). The van der Waals surface area contributed by atoms with Crippen LogP contribution in [0.15, 0.2) is 59.3 Å². The molecule has 136 valence electrons. The highest BCUT2D eigenvalue weighted by Gasteiger charge is 2.31. The van der Waals surface area contributed by atoms with Crippen LogP contribution in [-0.4, -0.2) is 24.9 Å². The highest BCUT2D eigenvalue weighted by atomic mass is 127. The zero-order valence-corrected chi connectivity index (χ0v) is 17.6. The lowest BCUT2D eigenvalue weighted by atomic mass is 10.0. The number of hydrogen-bond donors (Lipinski definition) is 1. The quantitative estimate of drug-likeness (QED) is 0.558. The molecule has 3 aromatic rings. The molecule has 1 unspecified atom stereocenters. The largest absolute Gasteiger partial charge is 0.340 e. The lowest BCUT2D eigenvalue weighted by Gasteiger charge is -2.21. The molecule has 1 atom stereocenters. The number of carbonyl (C=O) groups is 2. The zero-order chi connectivity index (χ0) is 19.0. The minimum Gasteiger partial charge on any atom is -0.340 e. The summed E-state index contributed by atoms with van der Waals surface area (Å²) < 4.78 is 0.963. The lowest BCUT2D eigenvalue weighted by molar-refractivity contribution is -0.120.